The standard InChI is InChI=1S/C21H21N3O/c1-14(2)25-21-18-7-5-6-16(12-22)20(18)19(13-23-21)15-8-10-17(11-9-15)24(3)4/h5-11,13-14H,1-4H3. The van der Waals surface area contributed by atoms with E-state index in [1.54, 1.807) is 6.20 Å². The van der Waals surface area contributed by atoms with Crippen LogP contribution in [0.1, 0.15) is 19.4 Å². The van der Waals surface area contributed by atoms with Crippen LogP contribution in [0.3, 0.4) is 0 Å². The molecule has 1 heterocycles. The number of anilines is 1. The zero-order chi connectivity index (χ0) is 18.0. The molecule has 0 saturated heterocycles. The lowest BCUT2D eigenvalue weighted by Crippen LogP contribution is -2.08. The topological polar surface area (TPSA) is 49.1 Å². The monoisotopic (exact) mass is 331 g/mol. The zero-order valence-corrected chi connectivity index (χ0v) is 14.9. The van der Waals surface area contributed by atoms with Gasteiger partial charge in [0.2, 0.25) is 5.88 Å². The molecular formula is C21H21N3O. The van der Waals surface area contributed by atoms with Crippen molar-refractivity contribution >= 4 is 16.5 Å². The fourth-order valence-electron chi connectivity index (χ4n) is 2.85. The number of hydrogen-bond acceptors (Lipinski definition) is 4. The van der Waals surface area contributed by atoms with Crippen LogP contribution in [0.2, 0.25) is 0 Å². The molecule has 0 bridgehead atoms. The first kappa shape index (κ1) is 16.8. The van der Waals surface area contributed by atoms with Crippen LogP contribution >= 0.6 is 0 Å². The number of rotatable bonds is 4. The smallest absolute Gasteiger partial charge is 0.221 e. The minimum absolute atomic E-state index is 0.0201. The van der Waals surface area contributed by atoms with Gasteiger partial charge in [0.15, 0.2) is 0 Å². The maximum absolute atomic E-state index is 9.58. The van der Waals surface area contributed by atoms with Crippen molar-refractivity contribution in [3.63, 3.8) is 0 Å². The van der Waals surface area contributed by atoms with Gasteiger partial charge in [0.05, 0.1) is 17.7 Å². The van der Waals surface area contributed by atoms with E-state index in [-0.39, 0.29) is 6.10 Å². The highest BCUT2D eigenvalue weighted by Crippen LogP contribution is 2.35. The van der Waals surface area contributed by atoms with Gasteiger partial charge in [-0.05, 0) is 43.7 Å². The summed E-state index contributed by atoms with van der Waals surface area (Å²) in [5.41, 5.74) is 3.72. The predicted octanol–water partition coefficient (Wildman–Crippen LogP) is 4.63. The highest BCUT2D eigenvalue weighted by Gasteiger charge is 2.14. The zero-order valence-electron chi connectivity index (χ0n) is 14.9. The molecule has 1 aromatic heterocycles. The van der Waals surface area contributed by atoms with E-state index < -0.39 is 0 Å². The average Bonchev–Trinajstić information content (AvgIpc) is 2.61. The molecule has 0 unspecified atom stereocenters. The number of nitriles is 1. The summed E-state index contributed by atoms with van der Waals surface area (Å²) in [5.74, 6) is 0.566. The Balaban J connectivity index is 2.23. The molecule has 0 amide bonds. The highest BCUT2D eigenvalue weighted by molar-refractivity contribution is 6.02. The molecule has 4 nitrogen and oxygen atoms in total. The van der Waals surface area contributed by atoms with Gasteiger partial charge in [-0.25, -0.2) is 4.98 Å². The van der Waals surface area contributed by atoms with Gasteiger partial charge >= 0.3 is 0 Å². The number of hydrogen-bond donors (Lipinski definition) is 0. The van der Waals surface area contributed by atoms with E-state index in [1.807, 2.05) is 46.1 Å². The minimum Gasteiger partial charge on any atom is -0.475 e. The number of nitrogens with zero attached hydrogens (tertiary/aromatic N) is 3. The van der Waals surface area contributed by atoms with E-state index in [2.05, 4.69) is 40.2 Å². The molecular weight excluding hydrogens is 310 g/mol. The lowest BCUT2D eigenvalue weighted by Gasteiger charge is -2.16. The third kappa shape index (κ3) is 3.27. The molecule has 3 aromatic rings. The Morgan fingerprint density at radius 3 is 2.40 bits per heavy atom. The second kappa shape index (κ2) is 6.82. The third-order valence-electron chi connectivity index (χ3n) is 4.04. The number of benzene rings is 2. The molecule has 4 heteroatoms. The van der Waals surface area contributed by atoms with Gasteiger partial charge in [0.25, 0.3) is 0 Å². The molecule has 0 radical (unpaired) electrons. The second-order valence-corrected chi connectivity index (χ2v) is 6.42. The third-order valence-corrected chi connectivity index (χ3v) is 4.04. The molecule has 0 saturated carbocycles. The Morgan fingerprint density at radius 1 is 1.08 bits per heavy atom. The normalized spacial score (nSPS) is 10.7. The van der Waals surface area contributed by atoms with Crippen LogP contribution in [0.25, 0.3) is 21.9 Å². The predicted molar refractivity (Wildman–Crippen MR) is 102 cm³/mol. The fraction of sp³-hybridized carbons (Fsp3) is 0.238. The average molecular weight is 331 g/mol. The summed E-state index contributed by atoms with van der Waals surface area (Å²) in [6.07, 6.45) is 1.82. The molecule has 0 fully saturated rings. The molecule has 3 rings (SSSR count). The van der Waals surface area contributed by atoms with Crippen LogP contribution in [0.4, 0.5) is 5.69 Å². The lowest BCUT2D eigenvalue weighted by molar-refractivity contribution is 0.236. The fourth-order valence-corrected chi connectivity index (χ4v) is 2.85. The molecule has 0 spiro atoms. The second-order valence-electron chi connectivity index (χ2n) is 6.42. The first-order chi connectivity index (χ1) is 12.0. The van der Waals surface area contributed by atoms with Gasteiger partial charge in [-0.2, -0.15) is 5.26 Å². The highest BCUT2D eigenvalue weighted by atomic mass is 16.5. The van der Waals surface area contributed by atoms with Crippen molar-refractivity contribution in [1.82, 2.24) is 4.98 Å². The molecule has 0 N–H and O–H groups in total. The van der Waals surface area contributed by atoms with Crippen molar-refractivity contribution in [2.45, 2.75) is 20.0 Å². The lowest BCUT2D eigenvalue weighted by atomic mass is 9.97. The van der Waals surface area contributed by atoms with Crippen molar-refractivity contribution in [2.75, 3.05) is 19.0 Å². The first-order valence-electron chi connectivity index (χ1n) is 8.27. The summed E-state index contributed by atoms with van der Waals surface area (Å²) in [4.78, 5) is 6.57. The van der Waals surface area contributed by atoms with E-state index in [9.17, 15) is 5.26 Å². The van der Waals surface area contributed by atoms with Crippen LogP contribution in [0.5, 0.6) is 5.88 Å². The SMILES string of the molecule is CC(C)Oc1ncc(-c2ccc(N(C)C)cc2)c2c(C#N)cccc12. The molecule has 0 aliphatic carbocycles. The van der Waals surface area contributed by atoms with Crippen LogP contribution in [-0.2, 0) is 0 Å². The Morgan fingerprint density at radius 2 is 1.80 bits per heavy atom. The Bertz CT molecular complexity index is 938. The van der Waals surface area contributed by atoms with Gasteiger partial charge in [0, 0.05) is 42.3 Å². The summed E-state index contributed by atoms with van der Waals surface area (Å²) >= 11 is 0. The summed E-state index contributed by atoms with van der Waals surface area (Å²) in [6, 6.07) is 16.2. The van der Waals surface area contributed by atoms with E-state index >= 15 is 0 Å². The maximum atomic E-state index is 9.58. The molecule has 0 aliphatic rings. The molecule has 126 valence electrons. The van der Waals surface area contributed by atoms with Crippen LogP contribution in [-0.4, -0.2) is 25.2 Å². The minimum atomic E-state index is 0.0201. The Kier molecular flexibility index (Phi) is 4.58. The largest absolute Gasteiger partial charge is 0.475 e. The quantitative estimate of drug-likeness (QED) is 0.699. The Hall–Kier alpha value is -3.06. The molecule has 0 aliphatic heterocycles. The summed E-state index contributed by atoms with van der Waals surface area (Å²) in [6.45, 7) is 3.94. The van der Waals surface area contributed by atoms with E-state index in [0.717, 1.165) is 27.6 Å². The number of fused-ring (bicyclic) bond motifs is 1. The van der Waals surface area contributed by atoms with E-state index in [4.69, 9.17) is 4.74 Å². The summed E-state index contributed by atoms with van der Waals surface area (Å²) in [7, 11) is 4.02. The number of aromatic nitrogens is 1. The summed E-state index contributed by atoms with van der Waals surface area (Å²) < 4.78 is 5.84. The maximum Gasteiger partial charge on any atom is 0.221 e. The van der Waals surface area contributed by atoms with Crippen LogP contribution in [0, 0.1) is 11.3 Å². The van der Waals surface area contributed by atoms with Crippen LogP contribution < -0.4 is 9.64 Å². The van der Waals surface area contributed by atoms with Crippen molar-refractivity contribution < 1.29 is 4.74 Å². The Labute approximate surface area is 148 Å². The van der Waals surface area contributed by atoms with Gasteiger partial charge < -0.3 is 9.64 Å². The van der Waals surface area contributed by atoms with Crippen molar-refractivity contribution in [3.05, 3.63) is 54.2 Å². The first-order valence-corrected chi connectivity index (χ1v) is 8.27. The summed E-state index contributed by atoms with van der Waals surface area (Å²) in [5, 5.41) is 11.3. The molecule has 25 heavy (non-hydrogen) atoms. The van der Waals surface area contributed by atoms with Gasteiger partial charge in [0.1, 0.15) is 0 Å². The molecule has 2 aromatic carbocycles. The molecule has 0 atom stereocenters. The van der Waals surface area contributed by atoms with Gasteiger partial charge in [-0.1, -0.05) is 18.2 Å². The van der Waals surface area contributed by atoms with Crippen LogP contribution in [0.15, 0.2) is 48.7 Å². The van der Waals surface area contributed by atoms with E-state index in [0.29, 0.717) is 11.4 Å². The van der Waals surface area contributed by atoms with Gasteiger partial charge in [-0.15, -0.1) is 0 Å². The van der Waals surface area contributed by atoms with Crippen molar-refractivity contribution in [3.8, 4) is 23.1 Å². The van der Waals surface area contributed by atoms with Crippen molar-refractivity contribution in [1.29, 1.82) is 5.26 Å². The number of pyridine rings is 1. The van der Waals surface area contributed by atoms with Crippen molar-refractivity contribution in [2.24, 2.45) is 0 Å². The number of ether oxygens (including phenoxy) is 1. The van der Waals surface area contributed by atoms with E-state index in [1.165, 1.54) is 0 Å². The van der Waals surface area contributed by atoms with Gasteiger partial charge in [-0.3, -0.25) is 0 Å².